The highest BCUT2D eigenvalue weighted by Crippen LogP contribution is 2.24. The number of anilines is 1. The first-order valence-corrected chi connectivity index (χ1v) is 10.3. The lowest BCUT2D eigenvalue weighted by molar-refractivity contribution is 0.0985. The number of amides is 1. The topological polar surface area (TPSA) is 44.1 Å². The molecule has 0 unspecified atom stereocenters. The summed E-state index contributed by atoms with van der Waals surface area (Å²) in [5.41, 5.74) is 4.48. The van der Waals surface area contributed by atoms with Crippen LogP contribution in [0.5, 0.6) is 0 Å². The van der Waals surface area contributed by atoms with Gasteiger partial charge in [0.05, 0.1) is 23.9 Å². The summed E-state index contributed by atoms with van der Waals surface area (Å²) in [6.07, 6.45) is 0. The second-order valence-corrected chi connectivity index (χ2v) is 7.20. The lowest BCUT2D eigenvalue weighted by Gasteiger charge is -2.24. The first kappa shape index (κ1) is 20.7. The molecule has 0 aliphatic rings. The Hall–Kier alpha value is -4.60. The van der Waals surface area contributed by atoms with Crippen molar-refractivity contribution in [2.75, 3.05) is 4.90 Å². The molecule has 4 aromatic carbocycles. The smallest absolute Gasteiger partial charge is 0.258 e. The van der Waals surface area contributed by atoms with Crippen LogP contribution in [0.4, 0.5) is 5.69 Å². The third kappa shape index (κ3) is 4.93. The van der Waals surface area contributed by atoms with Crippen LogP contribution in [-0.2, 0) is 6.54 Å². The molecule has 32 heavy (non-hydrogen) atoms. The first-order chi connectivity index (χ1) is 15.7. The van der Waals surface area contributed by atoms with Crippen LogP contribution in [-0.4, -0.2) is 5.91 Å². The fraction of sp³-hybridized carbons (Fsp3) is 0.0345. The van der Waals surface area contributed by atoms with E-state index in [0.717, 1.165) is 22.4 Å². The van der Waals surface area contributed by atoms with Crippen molar-refractivity contribution in [3.05, 3.63) is 137 Å². The summed E-state index contributed by atoms with van der Waals surface area (Å²) in [6.45, 7) is 0.406. The van der Waals surface area contributed by atoms with E-state index in [1.807, 2.05) is 84.9 Å². The van der Waals surface area contributed by atoms with E-state index in [1.54, 1.807) is 29.2 Å². The van der Waals surface area contributed by atoms with E-state index in [0.29, 0.717) is 17.7 Å². The lowest BCUT2D eigenvalue weighted by Crippen LogP contribution is -2.31. The zero-order valence-electron chi connectivity index (χ0n) is 17.4. The van der Waals surface area contributed by atoms with Crippen molar-refractivity contribution in [2.45, 2.75) is 6.54 Å². The molecular weight excluding hydrogens is 392 g/mol. The third-order valence-electron chi connectivity index (χ3n) is 5.00. The number of nitrogens with zero attached hydrogens (tertiary/aromatic N) is 2. The molecule has 0 aromatic heterocycles. The van der Waals surface area contributed by atoms with Crippen LogP contribution in [0.15, 0.2) is 109 Å². The highest BCUT2D eigenvalue weighted by atomic mass is 16.2. The van der Waals surface area contributed by atoms with Gasteiger partial charge in [0.15, 0.2) is 0 Å². The predicted octanol–water partition coefficient (Wildman–Crippen LogP) is 5.81. The largest absolute Gasteiger partial charge is 0.303 e. The molecule has 0 N–H and O–H groups in total. The van der Waals surface area contributed by atoms with Crippen LogP contribution in [0, 0.1) is 23.2 Å². The zero-order chi connectivity index (χ0) is 22.2. The monoisotopic (exact) mass is 412 g/mol. The molecule has 0 radical (unpaired) electrons. The fourth-order valence-corrected chi connectivity index (χ4v) is 3.35. The Morgan fingerprint density at radius 3 is 2.00 bits per heavy atom. The fourth-order valence-electron chi connectivity index (χ4n) is 3.35. The molecule has 0 aliphatic heterocycles. The zero-order valence-corrected chi connectivity index (χ0v) is 17.4. The number of carbonyl (C=O) groups excluding carboxylic acids is 1. The molecule has 1 amide bonds. The SMILES string of the molecule is N#Cc1ccc(C(=O)N(Cc2ccccc2)c2ccccc2C#Cc2ccccc2)cc1. The van der Waals surface area contributed by atoms with E-state index in [1.165, 1.54) is 0 Å². The minimum Gasteiger partial charge on any atom is -0.303 e. The second-order valence-electron chi connectivity index (χ2n) is 7.20. The number of carbonyl (C=O) groups is 1. The van der Waals surface area contributed by atoms with Crippen molar-refractivity contribution in [2.24, 2.45) is 0 Å². The Morgan fingerprint density at radius 1 is 0.688 bits per heavy atom. The van der Waals surface area contributed by atoms with Crippen molar-refractivity contribution in [3.8, 4) is 17.9 Å². The summed E-state index contributed by atoms with van der Waals surface area (Å²) < 4.78 is 0. The summed E-state index contributed by atoms with van der Waals surface area (Å²) in [5.74, 6) is 6.28. The van der Waals surface area contributed by atoms with Gasteiger partial charge in [0, 0.05) is 16.7 Å². The van der Waals surface area contributed by atoms with Gasteiger partial charge in [0.2, 0.25) is 0 Å². The molecule has 0 heterocycles. The van der Waals surface area contributed by atoms with Gasteiger partial charge in [-0.25, -0.2) is 0 Å². The Bertz CT molecular complexity index is 1310. The Balaban J connectivity index is 1.76. The normalized spacial score (nSPS) is 9.84. The quantitative estimate of drug-likeness (QED) is 0.397. The van der Waals surface area contributed by atoms with Gasteiger partial charge in [-0.05, 0) is 54.1 Å². The minimum atomic E-state index is -0.146. The number of hydrogen-bond donors (Lipinski definition) is 0. The number of rotatable bonds is 4. The van der Waals surface area contributed by atoms with Crippen molar-refractivity contribution in [3.63, 3.8) is 0 Å². The second kappa shape index (κ2) is 9.94. The molecule has 0 spiro atoms. The lowest BCUT2D eigenvalue weighted by atomic mass is 10.1. The van der Waals surface area contributed by atoms with E-state index in [-0.39, 0.29) is 5.91 Å². The summed E-state index contributed by atoms with van der Waals surface area (Å²) >= 11 is 0. The highest BCUT2D eigenvalue weighted by Gasteiger charge is 2.20. The first-order valence-electron chi connectivity index (χ1n) is 10.3. The van der Waals surface area contributed by atoms with E-state index in [2.05, 4.69) is 17.9 Å². The molecule has 152 valence electrons. The van der Waals surface area contributed by atoms with Gasteiger partial charge in [-0.2, -0.15) is 5.26 Å². The van der Waals surface area contributed by atoms with Crippen LogP contribution in [0.3, 0.4) is 0 Å². The van der Waals surface area contributed by atoms with Crippen molar-refractivity contribution < 1.29 is 4.79 Å². The molecule has 0 fully saturated rings. The summed E-state index contributed by atoms with van der Waals surface area (Å²) in [5, 5.41) is 9.08. The Kier molecular flexibility index (Phi) is 6.42. The number of hydrogen-bond acceptors (Lipinski definition) is 2. The van der Waals surface area contributed by atoms with Crippen molar-refractivity contribution in [1.82, 2.24) is 0 Å². The van der Waals surface area contributed by atoms with Crippen LogP contribution in [0.25, 0.3) is 0 Å². The number of benzene rings is 4. The average molecular weight is 412 g/mol. The molecule has 0 atom stereocenters. The van der Waals surface area contributed by atoms with Gasteiger partial charge < -0.3 is 4.90 Å². The van der Waals surface area contributed by atoms with E-state index < -0.39 is 0 Å². The average Bonchev–Trinajstić information content (AvgIpc) is 2.87. The number of nitriles is 1. The molecule has 0 saturated carbocycles. The Labute approximate surface area is 188 Å². The number of para-hydroxylation sites is 1. The van der Waals surface area contributed by atoms with Gasteiger partial charge in [0.1, 0.15) is 0 Å². The molecule has 0 aliphatic carbocycles. The van der Waals surface area contributed by atoms with Crippen molar-refractivity contribution >= 4 is 11.6 Å². The van der Waals surface area contributed by atoms with Crippen LogP contribution < -0.4 is 4.90 Å². The Morgan fingerprint density at radius 2 is 1.31 bits per heavy atom. The highest BCUT2D eigenvalue weighted by molar-refractivity contribution is 6.06. The summed E-state index contributed by atoms with van der Waals surface area (Å²) in [7, 11) is 0. The predicted molar refractivity (Wildman–Crippen MR) is 127 cm³/mol. The molecular formula is C29H20N2O. The van der Waals surface area contributed by atoms with Gasteiger partial charge in [0.25, 0.3) is 5.91 Å². The van der Waals surface area contributed by atoms with Crippen LogP contribution in [0.1, 0.15) is 32.6 Å². The maximum Gasteiger partial charge on any atom is 0.258 e. The van der Waals surface area contributed by atoms with Crippen LogP contribution >= 0.6 is 0 Å². The van der Waals surface area contributed by atoms with Gasteiger partial charge in [-0.1, -0.05) is 72.5 Å². The summed E-state index contributed by atoms with van der Waals surface area (Å²) in [4.78, 5) is 15.3. The van der Waals surface area contributed by atoms with E-state index in [4.69, 9.17) is 5.26 Å². The molecule has 3 heteroatoms. The molecule has 3 nitrogen and oxygen atoms in total. The van der Waals surface area contributed by atoms with Crippen LogP contribution in [0.2, 0.25) is 0 Å². The molecule has 0 saturated heterocycles. The molecule has 4 aromatic rings. The van der Waals surface area contributed by atoms with E-state index >= 15 is 0 Å². The van der Waals surface area contributed by atoms with E-state index in [9.17, 15) is 4.79 Å². The minimum absolute atomic E-state index is 0.146. The maximum atomic E-state index is 13.6. The summed E-state index contributed by atoms with van der Waals surface area (Å²) in [6, 6.07) is 36.1. The van der Waals surface area contributed by atoms with Gasteiger partial charge in [-0.15, -0.1) is 0 Å². The maximum absolute atomic E-state index is 13.6. The van der Waals surface area contributed by atoms with Crippen molar-refractivity contribution in [1.29, 1.82) is 5.26 Å². The molecule has 4 rings (SSSR count). The molecule has 0 bridgehead atoms. The van der Waals surface area contributed by atoms with Gasteiger partial charge >= 0.3 is 0 Å². The standard InChI is InChI=1S/C29H20N2O/c30-21-24-16-19-27(20-17-24)29(32)31(22-25-11-5-2-6-12-25)28-14-8-7-13-26(28)18-15-23-9-3-1-4-10-23/h1-14,16-17,19-20H,22H2. The third-order valence-corrected chi connectivity index (χ3v) is 5.00. The van der Waals surface area contributed by atoms with Gasteiger partial charge in [-0.3, -0.25) is 4.79 Å².